The lowest BCUT2D eigenvalue weighted by Gasteiger charge is -2.28. The first-order chi connectivity index (χ1) is 11.8. The Morgan fingerprint density at radius 2 is 2.00 bits per heavy atom. The molecule has 0 aliphatic rings. The number of rotatable bonds is 6. The number of carbonyl (C=O) groups excluding carboxylic acids is 1. The number of amides is 2. The number of aliphatic hydroxyl groups is 1. The molecule has 0 radical (unpaired) electrons. The van der Waals surface area contributed by atoms with E-state index in [9.17, 15) is 9.90 Å². The van der Waals surface area contributed by atoms with Gasteiger partial charge >= 0.3 is 6.03 Å². The van der Waals surface area contributed by atoms with Crippen molar-refractivity contribution < 1.29 is 9.90 Å². The van der Waals surface area contributed by atoms with Crippen LogP contribution in [0.25, 0.3) is 0 Å². The van der Waals surface area contributed by atoms with Crippen molar-refractivity contribution in [2.75, 3.05) is 11.9 Å². The largest absolute Gasteiger partial charge is 0.392 e. The second-order valence-corrected chi connectivity index (χ2v) is 6.81. The minimum atomic E-state index is -0.564. The predicted molar refractivity (Wildman–Crippen MR) is 99.8 cm³/mol. The van der Waals surface area contributed by atoms with Crippen LogP contribution in [0.15, 0.2) is 30.3 Å². The zero-order chi connectivity index (χ0) is 18.6. The van der Waals surface area contributed by atoms with Crippen molar-refractivity contribution in [3.05, 3.63) is 47.3 Å². The van der Waals surface area contributed by atoms with Gasteiger partial charge in [-0.3, -0.25) is 4.68 Å². The molecular formula is C19H28N4O2. The predicted octanol–water partition coefficient (Wildman–Crippen LogP) is 3.17. The van der Waals surface area contributed by atoms with E-state index in [2.05, 4.69) is 10.4 Å². The average Bonchev–Trinajstić information content (AvgIpc) is 2.82. The van der Waals surface area contributed by atoms with Gasteiger partial charge in [0.15, 0.2) is 0 Å². The number of carbonyl (C=O) groups is 1. The summed E-state index contributed by atoms with van der Waals surface area (Å²) < 4.78 is 1.95. The Morgan fingerprint density at radius 3 is 2.56 bits per heavy atom. The first-order valence-corrected chi connectivity index (χ1v) is 8.62. The fourth-order valence-corrected chi connectivity index (χ4v) is 2.76. The molecule has 2 amide bonds. The van der Waals surface area contributed by atoms with Crippen molar-refractivity contribution >= 4 is 11.7 Å². The molecule has 1 atom stereocenters. The van der Waals surface area contributed by atoms with E-state index in [4.69, 9.17) is 0 Å². The molecular weight excluding hydrogens is 316 g/mol. The molecule has 2 aromatic rings. The Balaban J connectivity index is 2.10. The molecule has 0 aliphatic heterocycles. The molecule has 6 nitrogen and oxygen atoms in total. The van der Waals surface area contributed by atoms with Crippen molar-refractivity contribution in [2.45, 2.75) is 53.3 Å². The van der Waals surface area contributed by atoms with Crippen LogP contribution >= 0.6 is 0 Å². The van der Waals surface area contributed by atoms with Crippen molar-refractivity contribution in [1.29, 1.82) is 0 Å². The van der Waals surface area contributed by atoms with Crippen LogP contribution in [0.2, 0.25) is 0 Å². The molecule has 0 saturated heterocycles. The van der Waals surface area contributed by atoms with Gasteiger partial charge in [-0.05, 0) is 58.4 Å². The summed E-state index contributed by atoms with van der Waals surface area (Å²) in [5.74, 6) is 0. The Labute approximate surface area is 149 Å². The van der Waals surface area contributed by atoms with E-state index >= 15 is 0 Å². The molecule has 136 valence electrons. The van der Waals surface area contributed by atoms with Gasteiger partial charge in [0, 0.05) is 24.0 Å². The van der Waals surface area contributed by atoms with E-state index in [1.54, 1.807) is 11.8 Å². The Kier molecular flexibility index (Phi) is 6.20. The Bertz CT molecular complexity index is 722. The van der Waals surface area contributed by atoms with Gasteiger partial charge in [-0.15, -0.1) is 0 Å². The topological polar surface area (TPSA) is 70.4 Å². The van der Waals surface area contributed by atoms with Crippen LogP contribution in [0.3, 0.4) is 0 Å². The zero-order valence-corrected chi connectivity index (χ0v) is 15.7. The summed E-state index contributed by atoms with van der Waals surface area (Å²) >= 11 is 0. The van der Waals surface area contributed by atoms with Crippen LogP contribution in [0, 0.1) is 13.8 Å². The second kappa shape index (κ2) is 8.16. The number of aromatic nitrogens is 2. The maximum absolute atomic E-state index is 12.5. The molecule has 25 heavy (non-hydrogen) atoms. The van der Waals surface area contributed by atoms with Gasteiger partial charge < -0.3 is 15.3 Å². The molecule has 2 N–H and O–H groups in total. The summed E-state index contributed by atoms with van der Waals surface area (Å²) in [5.41, 5.74) is 3.90. The molecule has 0 aliphatic carbocycles. The number of anilines is 1. The summed E-state index contributed by atoms with van der Waals surface area (Å²) in [5, 5.41) is 17.0. The van der Waals surface area contributed by atoms with E-state index in [1.165, 1.54) is 0 Å². The van der Waals surface area contributed by atoms with Crippen LogP contribution in [0.1, 0.15) is 37.7 Å². The van der Waals surface area contributed by atoms with Crippen LogP contribution in [0.5, 0.6) is 0 Å². The van der Waals surface area contributed by atoms with Crippen molar-refractivity contribution in [3.63, 3.8) is 0 Å². The van der Waals surface area contributed by atoms with Gasteiger partial charge in [-0.2, -0.15) is 5.10 Å². The maximum Gasteiger partial charge on any atom is 0.322 e. The summed E-state index contributed by atoms with van der Waals surface area (Å²) in [7, 11) is 0. The molecule has 6 heteroatoms. The van der Waals surface area contributed by atoms with E-state index in [0.717, 1.165) is 22.6 Å². The van der Waals surface area contributed by atoms with Gasteiger partial charge in [0.1, 0.15) is 0 Å². The fourth-order valence-electron chi connectivity index (χ4n) is 2.76. The number of nitrogens with one attached hydrogen (secondary N) is 1. The van der Waals surface area contributed by atoms with E-state index in [0.29, 0.717) is 13.1 Å². The number of hydrogen-bond donors (Lipinski definition) is 2. The first-order valence-electron chi connectivity index (χ1n) is 8.62. The number of hydrogen-bond acceptors (Lipinski definition) is 3. The standard InChI is InChI=1S/C19H28N4O2/c1-13(2)22(11-16(5)24)19(25)20-18-8-6-7-17(10-18)12-23-15(4)9-14(3)21-23/h6-10,13,16,24H,11-12H2,1-5H3,(H,20,25). The molecule has 1 aromatic heterocycles. The highest BCUT2D eigenvalue weighted by Crippen LogP contribution is 2.15. The first kappa shape index (κ1) is 19.0. The molecule has 0 saturated carbocycles. The number of aliphatic hydroxyl groups excluding tert-OH is 1. The third-order valence-electron chi connectivity index (χ3n) is 3.96. The second-order valence-electron chi connectivity index (χ2n) is 6.81. The quantitative estimate of drug-likeness (QED) is 0.845. The summed E-state index contributed by atoms with van der Waals surface area (Å²) in [6.45, 7) is 10.5. The molecule has 1 aromatic carbocycles. The number of urea groups is 1. The Morgan fingerprint density at radius 1 is 1.28 bits per heavy atom. The summed E-state index contributed by atoms with van der Waals surface area (Å²) in [4.78, 5) is 14.1. The third-order valence-corrected chi connectivity index (χ3v) is 3.96. The molecule has 1 unspecified atom stereocenters. The summed E-state index contributed by atoms with van der Waals surface area (Å²) in [6, 6.07) is 9.60. The minimum Gasteiger partial charge on any atom is -0.392 e. The normalized spacial score (nSPS) is 12.3. The van der Waals surface area contributed by atoms with Gasteiger partial charge in [0.05, 0.1) is 18.3 Å². The molecule has 2 rings (SSSR count). The van der Waals surface area contributed by atoms with Gasteiger partial charge in [-0.25, -0.2) is 4.79 Å². The molecule has 0 bridgehead atoms. The van der Waals surface area contributed by atoms with E-state index < -0.39 is 6.10 Å². The number of benzene rings is 1. The SMILES string of the molecule is Cc1cc(C)n(Cc2cccc(NC(=O)N(CC(C)O)C(C)C)c2)n1. The van der Waals surface area contributed by atoms with E-state index in [-0.39, 0.29) is 12.1 Å². The highest BCUT2D eigenvalue weighted by molar-refractivity contribution is 5.89. The average molecular weight is 344 g/mol. The lowest BCUT2D eigenvalue weighted by atomic mass is 10.2. The maximum atomic E-state index is 12.5. The van der Waals surface area contributed by atoms with Crippen LogP contribution in [-0.2, 0) is 6.54 Å². The monoisotopic (exact) mass is 344 g/mol. The smallest absolute Gasteiger partial charge is 0.322 e. The summed E-state index contributed by atoms with van der Waals surface area (Å²) in [6.07, 6.45) is -0.564. The Hall–Kier alpha value is -2.34. The zero-order valence-electron chi connectivity index (χ0n) is 15.7. The number of nitrogens with zero attached hydrogens (tertiary/aromatic N) is 3. The minimum absolute atomic E-state index is 0.00693. The highest BCUT2D eigenvalue weighted by atomic mass is 16.3. The van der Waals surface area contributed by atoms with Gasteiger partial charge in [0.25, 0.3) is 0 Å². The van der Waals surface area contributed by atoms with Gasteiger partial charge in [0.2, 0.25) is 0 Å². The van der Waals surface area contributed by atoms with Crippen LogP contribution in [-0.4, -0.2) is 44.5 Å². The third kappa shape index (κ3) is 5.32. The van der Waals surface area contributed by atoms with Crippen LogP contribution < -0.4 is 5.32 Å². The highest BCUT2D eigenvalue weighted by Gasteiger charge is 2.18. The van der Waals surface area contributed by atoms with Gasteiger partial charge in [-0.1, -0.05) is 12.1 Å². The van der Waals surface area contributed by atoms with Crippen LogP contribution in [0.4, 0.5) is 10.5 Å². The van der Waals surface area contributed by atoms with Crippen molar-refractivity contribution in [2.24, 2.45) is 0 Å². The number of aryl methyl sites for hydroxylation is 2. The lowest BCUT2D eigenvalue weighted by molar-refractivity contribution is 0.125. The van der Waals surface area contributed by atoms with Crippen molar-refractivity contribution in [1.82, 2.24) is 14.7 Å². The molecule has 0 fully saturated rings. The lowest BCUT2D eigenvalue weighted by Crippen LogP contribution is -2.43. The molecule has 1 heterocycles. The fraction of sp³-hybridized carbons (Fsp3) is 0.474. The van der Waals surface area contributed by atoms with E-state index in [1.807, 2.05) is 62.7 Å². The molecule has 0 spiro atoms. The van der Waals surface area contributed by atoms with Crippen molar-refractivity contribution in [3.8, 4) is 0 Å².